The van der Waals surface area contributed by atoms with Gasteiger partial charge in [0.15, 0.2) is 36.4 Å². The molecule has 212 valence electrons. The first kappa shape index (κ1) is 28.3. The van der Waals surface area contributed by atoms with E-state index in [-0.39, 0.29) is 17.9 Å². The van der Waals surface area contributed by atoms with Crippen molar-refractivity contribution >= 4 is 11.8 Å². The van der Waals surface area contributed by atoms with Gasteiger partial charge in [-0.2, -0.15) is 0 Å². The Morgan fingerprint density at radius 3 is 1.95 bits per heavy atom. The van der Waals surface area contributed by atoms with Gasteiger partial charge in [-0.15, -0.1) is 13.2 Å². The Kier molecular flexibility index (Phi) is 7.87. The number of halogens is 6. The van der Waals surface area contributed by atoms with Crippen LogP contribution < -0.4 is 24.8 Å². The van der Waals surface area contributed by atoms with Crippen LogP contribution in [0.3, 0.4) is 0 Å². The summed E-state index contributed by atoms with van der Waals surface area (Å²) in [6.07, 6.45) is -4.46. The number of aliphatic hydroxyl groups is 1. The van der Waals surface area contributed by atoms with Crippen molar-refractivity contribution in [2.24, 2.45) is 0 Å². The minimum Gasteiger partial charge on any atom is -0.484 e. The van der Waals surface area contributed by atoms with E-state index in [2.05, 4.69) is 15.4 Å². The van der Waals surface area contributed by atoms with Crippen molar-refractivity contribution in [1.29, 1.82) is 0 Å². The highest BCUT2D eigenvalue weighted by molar-refractivity contribution is 5.79. The molecular weight excluding hydrogens is 538 g/mol. The molecule has 0 unspecified atom stereocenters. The van der Waals surface area contributed by atoms with Crippen molar-refractivity contribution in [3.05, 3.63) is 53.8 Å². The summed E-state index contributed by atoms with van der Waals surface area (Å²) in [6, 6.07) is 5.26. The van der Waals surface area contributed by atoms with Crippen LogP contribution in [-0.4, -0.2) is 53.7 Å². The lowest BCUT2D eigenvalue weighted by Gasteiger charge is -2.56. The molecule has 0 aromatic heterocycles. The summed E-state index contributed by atoms with van der Waals surface area (Å²) in [5.74, 6) is -5.90. The fraction of sp³-hybridized carbons (Fsp3) is 0.440. The normalized spacial score (nSPS) is 24.1. The number of aliphatic hydroxyl groups excluding tert-OH is 1. The van der Waals surface area contributed by atoms with E-state index in [1.807, 2.05) is 0 Å². The molecule has 5 rings (SSSR count). The summed E-state index contributed by atoms with van der Waals surface area (Å²) in [6.45, 7) is -1.04. The van der Waals surface area contributed by atoms with Gasteiger partial charge in [0.05, 0.1) is 11.6 Å². The fourth-order valence-corrected chi connectivity index (χ4v) is 4.95. The summed E-state index contributed by atoms with van der Waals surface area (Å²) in [5, 5.41) is 16.4. The van der Waals surface area contributed by atoms with Crippen molar-refractivity contribution in [1.82, 2.24) is 10.6 Å². The molecule has 1 atom stereocenters. The number of hydrogen-bond donors (Lipinski definition) is 3. The average Bonchev–Trinajstić information content (AvgIpc) is 2.85. The molecule has 0 radical (unpaired) electrons. The molecule has 2 amide bonds. The van der Waals surface area contributed by atoms with Crippen molar-refractivity contribution < 1.29 is 55.2 Å². The minimum absolute atomic E-state index is 0.0355. The zero-order chi connectivity index (χ0) is 28.4. The van der Waals surface area contributed by atoms with Crippen LogP contribution in [0.5, 0.6) is 17.2 Å². The Hall–Kier alpha value is -3.68. The number of carbonyl (C=O) groups is 2. The molecule has 0 saturated heterocycles. The van der Waals surface area contributed by atoms with Crippen LogP contribution in [0.2, 0.25) is 0 Å². The zero-order valence-electron chi connectivity index (χ0n) is 20.2. The Bertz CT molecular complexity index is 1230. The number of fused-ring (bicyclic) bond motifs is 3. The molecule has 0 aliphatic heterocycles. The molecule has 2 aromatic carbocycles. The van der Waals surface area contributed by atoms with Gasteiger partial charge >= 0.3 is 6.36 Å². The summed E-state index contributed by atoms with van der Waals surface area (Å²) in [4.78, 5) is 25.0. The quantitative estimate of drug-likeness (QED) is 0.404. The van der Waals surface area contributed by atoms with Crippen molar-refractivity contribution in [3.8, 4) is 17.2 Å². The van der Waals surface area contributed by atoms with E-state index >= 15 is 0 Å². The minimum atomic E-state index is -5.06. The summed E-state index contributed by atoms with van der Waals surface area (Å²) < 4.78 is 90.9. The summed E-state index contributed by atoms with van der Waals surface area (Å²) >= 11 is 0. The van der Waals surface area contributed by atoms with Crippen LogP contribution in [0.25, 0.3) is 0 Å². The largest absolute Gasteiger partial charge is 0.573 e. The molecule has 39 heavy (non-hydrogen) atoms. The van der Waals surface area contributed by atoms with Crippen LogP contribution in [0.15, 0.2) is 36.4 Å². The number of hydrogen-bond acceptors (Lipinski definition) is 6. The van der Waals surface area contributed by atoms with Crippen LogP contribution in [0.1, 0.15) is 32.1 Å². The molecular formula is C25H24F6N2O6. The highest BCUT2D eigenvalue weighted by Crippen LogP contribution is 2.47. The predicted octanol–water partition coefficient (Wildman–Crippen LogP) is 3.51. The number of nitrogens with one attached hydrogen (secondary N) is 2. The van der Waals surface area contributed by atoms with Gasteiger partial charge < -0.3 is 30.0 Å². The van der Waals surface area contributed by atoms with Crippen LogP contribution in [0.4, 0.5) is 26.3 Å². The smallest absolute Gasteiger partial charge is 0.484 e. The molecule has 0 heterocycles. The van der Waals surface area contributed by atoms with E-state index in [0.29, 0.717) is 31.7 Å². The lowest BCUT2D eigenvalue weighted by Crippen LogP contribution is -2.70. The summed E-state index contributed by atoms with van der Waals surface area (Å²) in [5.41, 5.74) is -1.72. The summed E-state index contributed by atoms with van der Waals surface area (Å²) in [7, 11) is 0. The number of carbonyl (C=O) groups excluding carboxylic acids is 2. The molecule has 3 saturated carbocycles. The van der Waals surface area contributed by atoms with E-state index in [4.69, 9.17) is 9.47 Å². The Morgan fingerprint density at radius 2 is 1.41 bits per heavy atom. The Balaban J connectivity index is 1.26. The molecule has 3 fully saturated rings. The third-order valence-electron chi connectivity index (χ3n) is 6.87. The van der Waals surface area contributed by atoms with Crippen LogP contribution in [0, 0.1) is 17.5 Å². The second kappa shape index (κ2) is 10.8. The van der Waals surface area contributed by atoms with Crippen molar-refractivity contribution in [2.75, 3.05) is 13.2 Å². The zero-order valence-corrected chi connectivity index (χ0v) is 20.2. The van der Waals surface area contributed by atoms with E-state index in [0.717, 1.165) is 24.3 Å². The van der Waals surface area contributed by atoms with Crippen LogP contribution in [-0.2, 0) is 9.59 Å². The van der Waals surface area contributed by atoms with Gasteiger partial charge in [-0.05, 0) is 56.4 Å². The molecule has 3 N–H and O–H groups in total. The number of benzene rings is 2. The maximum absolute atomic E-state index is 13.8. The Labute approximate surface area is 218 Å². The number of amides is 2. The fourth-order valence-electron chi connectivity index (χ4n) is 4.95. The molecule has 3 aliphatic rings. The molecule has 2 aromatic rings. The Morgan fingerprint density at radius 1 is 0.846 bits per heavy atom. The SMILES string of the molecule is O=C(COc1ccc(OC(F)(F)F)c(F)c1)NC12CCC(NC(=O)COc3ccc(F)c(F)c3)(CC1)[C@@H](O)C2. The number of rotatable bonds is 9. The third-order valence-corrected chi connectivity index (χ3v) is 6.87. The molecule has 14 heteroatoms. The standard InChI is InChI=1S/C25H24F6N2O6/c26-16-3-1-14(9-17(16)27)38-13-22(36)33-24-7-5-23(6-8-24,11-20(24)34)32-21(35)12-37-15-2-4-19(18(28)10-15)39-25(29,30)31/h1-4,9-10,20,34H,5-8,11-13H2,(H,32,35)(H,33,36)/t20-,23?,24?/m0/s1. The molecule has 0 spiro atoms. The second-order valence-electron chi connectivity index (χ2n) is 9.55. The van der Waals surface area contributed by atoms with Crippen molar-refractivity contribution in [3.63, 3.8) is 0 Å². The average molecular weight is 562 g/mol. The van der Waals surface area contributed by atoms with Gasteiger partial charge in [-0.25, -0.2) is 13.2 Å². The lowest BCUT2D eigenvalue weighted by atomic mass is 9.60. The highest BCUT2D eigenvalue weighted by Gasteiger charge is 2.55. The van der Waals surface area contributed by atoms with Crippen LogP contribution >= 0.6 is 0 Å². The van der Waals surface area contributed by atoms with Gasteiger partial charge in [0, 0.05) is 17.7 Å². The second-order valence-corrected chi connectivity index (χ2v) is 9.55. The van der Waals surface area contributed by atoms with E-state index in [1.165, 1.54) is 6.07 Å². The first-order valence-corrected chi connectivity index (χ1v) is 11.8. The predicted molar refractivity (Wildman–Crippen MR) is 121 cm³/mol. The number of alkyl halides is 3. The highest BCUT2D eigenvalue weighted by atomic mass is 19.4. The maximum atomic E-state index is 13.8. The lowest BCUT2D eigenvalue weighted by molar-refractivity contribution is -0.275. The van der Waals surface area contributed by atoms with Gasteiger partial charge in [0.1, 0.15) is 11.5 Å². The van der Waals surface area contributed by atoms with Gasteiger partial charge in [0.25, 0.3) is 11.8 Å². The molecule has 2 bridgehead atoms. The van der Waals surface area contributed by atoms with Gasteiger partial charge in [-0.3, -0.25) is 9.59 Å². The number of ether oxygens (including phenoxy) is 3. The van der Waals surface area contributed by atoms with Gasteiger partial charge in [-0.1, -0.05) is 0 Å². The van der Waals surface area contributed by atoms with Crippen molar-refractivity contribution in [2.45, 2.75) is 55.6 Å². The third kappa shape index (κ3) is 6.85. The topological polar surface area (TPSA) is 106 Å². The van der Waals surface area contributed by atoms with E-state index in [9.17, 15) is 41.0 Å². The van der Waals surface area contributed by atoms with E-state index in [1.54, 1.807) is 0 Å². The first-order valence-electron chi connectivity index (χ1n) is 11.8. The first-order chi connectivity index (χ1) is 18.3. The maximum Gasteiger partial charge on any atom is 0.573 e. The van der Waals surface area contributed by atoms with E-state index < -0.39 is 71.8 Å². The monoisotopic (exact) mass is 562 g/mol. The van der Waals surface area contributed by atoms with Gasteiger partial charge in [0.2, 0.25) is 0 Å². The molecule has 3 aliphatic carbocycles. The molecule has 8 nitrogen and oxygen atoms in total.